The molecule has 1 aliphatic heterocycles. The first-order chi connectivity index (χ1) is 9.63. The Morgan fingerprint density at radius 1 is 1.60 bits per heavy atom. The Labute approximate surface area is 123 Å². The van der Waals surface area contributed by atoms with Crippen LogP contribution in [0.5, 0.6) is 0 Å². The molecule has 6 nitrogen and oxygen atoms in total. The molecule has 1 fully saturated rings. The Balaban J connectivity index is 2.00. The van der Waals surface area contributed by atoms with E-state index in [1.165, 1.54) is 0 Å². The number of H-pyrrole nitrogens is 1. The van der Waals surface area contributed by atoms with Crippen molar-refractivity contribution >= 4 is 11.8 Å². The molecule has 0 aliphatic carbocycles. The third kappa shape index (κ3) is 3.65. The van der Waals surface area contributed by atoms with Gasteiger partial charge in [0.25, 0.3) is 0 Å². The van der Waals surface area contributed by atoms with Crippen LogP contribution in [0.25, 0.3) is 0 Å². The topological polar surface area (TPSA) is 71.9 Å². The summed E-state index contributed by atoms with van der Waals surface area (Å²) in [5, 5.41) is 11.0. The first kappa shape index (κ1) is 15.6. The van der Waals surface area contributed by atoms with E-state index in [0.717, 1.165) is 37.1 Å². The molecule has 2 N–H and O–H groups in total. The van der Waals surface area contributed by atoms with Crippen molar-refractivity contribution in [1.82, 2.24) is 20.1 Å². The van der Waals surface area contributed by atoms with E-state index in [0.29, 0.717) is 12.0 Å². The van der Waals surface area contributed by atoms with Crippen molar-refractivity contribution in [3.8, 4) is 0 Å². The monoisotopic (exact) mass is 300 g/mol. The van der Waals surface area contributed by atoms with Gasteiger partial charge in [-0.05, 0) is 26.8 Å². The zero-order valence-corrected chi connectivity index (χ0v) is 13.2. The van der Waals surface area contributed by atoms with Gasteiger partial charge in [0.1, 0.15) is 0 Å². The van der Waals surface area contributed by atoms with Crippen LogP contribution in [0.2, 0.25) is 0 Å². The fourth-order valence-electron chi connectivity index (χ4n) is 2.51. The maximum atomic E-state index is 11.7. The van der Waals surface area contributed by atoms with Crippen LogP contribution in [-0.2, 0) is 4.74 Å². The van der Waals surface area contributed by atoms with Crippen molar-refractivity contribution < 1.29 is 4.74 Å². The van der Waals surface area contributed by atoms with Crippen LogP contribution in [-0.4, -0.2) is 46.3 Å². The molecule has 0 aromatic carbocycles. The van der Waals surface area contributed by atoms with Gasteiger partial charge in [0, 0.05) is 30.4 Å². The molecule has 1 aromatic heterocycles. The molecule has 1 aliphatic rings. The Morgan fingerprint density at radius 3 is 3.00 bits per heavy atom. The summed E-state index contributed by atoms with van der Waals surface area (Å²) in [5.41, 5.74) is -0.133. The molecular formula is C13H24N4O2S. The van der Waals surface area contributed by atoms with Crippen molar-refractivity contribution in [2.75, 3.05) is 25.5 Å². The van der Waals surface area contributed by atoms with Crippen LogP contribution in [0, 0.1) is 5.92 Å². The molecule has 1 aromatic rings. The number of rotatable bonds is 7. The molecular weight excluding hydrogens is 276 g/mol. The summed E-state index contributed by atoms with van der Waals surface area (Å²) in [5.74, 6) is 1.46. The minimum absolute atomic E-state index is 0.121. The third-order valence-corrected chi connectivity index (χ3v) is 4.65. The van der Waals surface area contributed by atoms with E-state index in [4.69, 9.17) is 4.74 Å². The van der Waals surface area contributed by atoms with Gasteiger partial charge in [-0.1, -0.05) is 18.7 Å². The molecule has 0 saturated carbocycles. The van der Waals surface area contributed by atoms with E-state index >= 15 is 0 Å². The number of hydrogen-bond acceptors (Lipinski definition) is 5. The molecule has 2 rings (SSSR count). The van der Waals surface area contributed by atoms with Gasteiger partial charge in [-0.3, -0.25) is 4.57 Å². The van der Waals surface area contributed by atoms with Gasteiger partial charge in [0.2, 0.25) is 0 Å². The molecule has 0 bridgehead atoms. The van der Waals surface area contributed by atoms with E-state index in [-0.39, 0.29) is 11.7 Å². The zero-order chi connectivity index (χ0) is 14.5. The zero-order valence-electron chi connectivity index (χ0n) is 12.4. The van der Waals surface area contributed by atoms with Crippen LogP contribution >= 0.6 is 11.8 Å². The summed E-state index contributed by atoms with van der Waals surface area (Å²) < 4.78 is 7.18. The van der Waals surface area contributed by atoms with Crippen LogP contribution in [0.4, 0.5) is 0 Å². The summed E-state index contributed by atoms with van der Waals surface area (Å²) in [6.07, 6.45) is 1.11. The second kappa shape index (κ2) is 7.28. The van der Waals surface area contributed by atoms with Crippen molar-refractivity contribution in [3.05, 3.63) is 10.5 Å². The smallest absolute Gasteiger partial charge is 0.344 e. The van der Waals surface area contributed by atoms with E-state index in [9.17, 15) is 4.79 Å². The second-order valence-corrected chi connectivity index (χ2v) is 6.36. The molecule has 0 radical (unpaired) electrons. The number of aromatic nitrogens is 3. The van der Waals surface area contributed by atoms with Crippen molar-refractivity contribution in [2.45, 2.75) is 44.4 Å². The van der Waals surface area contributed by atoms with Crippen LogP contribution in [0.3, 0.4) is 0 Å². The Bertz CT molecular complexity index is 465. The second-order valence-electron chi connectivity index (χ2n) is 5.37. The predicted octanol–water partition coefficient (Wildman–Crippen LogP) is 1.26. The average molecular weight is 300 g/mol. The number of hydrogen-bond donors (Lipinski definition) is 2. The quantitative estimate of drug-likeness (QED) is 0.742. The molecule has 2 heterocycles. The van der Waals surface area contributed by atoms with Gasteiger partial charge < -0.3 is 10.1 Å². The van der Waals surface area contributed by atoms with Crippen LogP contribution in [0.15, 0.2) is 9.95 Å². The van der Waals surface area contributed by atoms with Crippen molar-refractivity contribution in [2.24, 2.45) is 5.92 Å². The Kier molecular flexibility index (Phi) is 5.68. The lowest BCUT2D eigenvalue weighted by Crippen LogP contribution is -2.38. The maximum Gasteiger partial charge on any atom is 0.344 e. The molecule has 7 heteroatoms. The molecule has 0 spiro atoms. The van der Waals surface area contributed by atoms with Crippen LogP contribution < -0.4 is 11.0 Å². The fourth-order valence-corrected chi connectivity index (χ4v) is 3.77. The molecule has 114 valence electrons. The fraction of sp³-hybridized carbons (Fsp3) is 0.846. The first-order valence-electron chi connectivity index (χ1n) is 7.24. The van der Waals surface area contributed by atoms with E-state index in [1.807, 2.05) is 13.8 Å². The number of ether oxygens (including phenoxy) is 1. The SMILES string of the molecule is CCNC(CSc1n[nH]c(=O)n1C(C)C)C1CCOC1. The van der Waals surface area contributed by atoms with Gasteiger partial charge in [-0.25, -0.2) is 9.89 Å². The van der Waals surface area contributed by atoms with E-state index < -0.39 is 0 Å². The minimum Gasteiger partial charge on any atom is -0.381 e. The summed E-state index contributed by atoms with van der Waals surface area (Å²) in [6, 6.07) is 0.524. The van der Waals surface area contributed by atoms with E-state index in [2.05, 4.69) is 22.4 Å². The lowest BCUT2D eigenvalue weighted by molar-refractivity contribution is 0.179. The lowest BCUT2D eigenvalue weighted by atomic mass is 10.0. The lowest BCUT2D eigenvalue weighted by Gasteiger charge is -2.22. The van der Waals surface area contributed by atoms with Gasteiger partial charge >= 0.3 is 5.69 Å². The van der Waals surface area contributed by atoms with Crippen molar-refractivity contribution in [1.29, 1.82) is 0 Å². The summed E-state index contributed by atoms with van der Waals surface area (Å²) in [7, 11) is 0. The van der Waals surface area contributed by atoms with Gasteiger partial charge in [-0.15, -0.1) is 5.10 Å². The number of aromatic amines is 1. The molecule has 1 saturated heterocycles. The summed E-state index contributed by atoms with van der Waals surface area (Å²) in [6.45, 7) is 8.73. The number of nitrogens with one attached hydrogen (secondary N) is 2. The first-order valence-corrected chi connectivity index (χ1v) is 8.22. The standard InChI is InChI=1S/C13H24N4O2S/c1-4-14-11(10-5-6-19-7-10)8-20-13-16-15-12(18)17(13)9(2)3/h9-11,14H,4-8H2,1-3H3,(H,15,18). The largest absolute Gasteiger partial charge is 0.381 e. The van der Waals surface area contributed by atoms with E-state index in [1.54, 1.807) is 16.3 Å². The highest BCUT2D eigenvalue weighted by Crippen LogP contribution is 2.23. The molecule has 2 unspecified atom stereocenters. The van der Waals surface area contributed by atoms with Crippen LogP contribution in [0.1, 0.15) is 33.2 Å². The van der Waals surface area contributed by atoms with Gasteiger partial charge in [0.15, 0.2) is 5.16 Å². The highest BCUT2D eigenvalue weighted by molar-refractivity contribution is 7.99. The Morgan fingerprint density at radius 2 is 2.40 bits per heavy atom. The maximum absolute atomic E-state index is 11.7. The van der Waals surface area contributed by atoms with Crippen molar-refractivity contribution in [3.63, 3.8) is 0 Å². The normalized spacial score (nSPS) is 20.7. The molecule has 2 atom stereocenters. The average Bonchev–Trinajstić information content (AvgIpc) is 3.03. The number of nitrogens with zero attached hydrogens (tertiary/aromatic N) is 2. The predicted molar refractivity (Wildman–Crippen MR) is 80.3 cm³/mol. The van der Waals surface area contributed by atoms with Gasteiger partial charge in [-0.2, -0.15) is 0 Å². The summed E-state index contributed by atoms with van der Waals surface area (Å²) in [4.78, 5) is 11.7. The minimum atomic E-state index is -0.133. The summed E-state index contributed by atoms with van der Waals surface area (Å²) >= 11 is 1.63. The third-order valence-electron chi connectivity index (χ3n) is 3.58. The van der Waals surface area contributed by atoms with Gasteiger partial charge in [0.05, 0.1) is 6.61 Å². The molecule has 0 amide bonds. The Hall–Kier alpha value is -0.790. The number of thioether (sulfide) groups is 1. The molecule has 20 heavy (non-hydrogen) atoms. The highest BCUT2D eigenvalue weighted by atomic mass is 32.2. The highest BCUT2D eigenvalue weighted by Gasteiger charge is 2.26.